The second kappa shape index (κ2) is 3.72. The van der Waals surface area contributed by atoms with Crippen molar-refractivity contribution in [2.24, 2.45) is 11.7 Å². The predicted octanol–water partition coefficient (Wildman–Crippen LogP) is 0.979. The molecular weight excluding hydrogens is 142 g/mol. The molecule has 3 nitrogen and oxygen atoms in total. The molecule has 3 N–H and O–H groups in total. The summed E-state index contributed by atoms with van der Waals surface area (Å²) in [6, 6.07) is 0.328. The van der Waals surface area contributed by atoms with Gasteiger partial charge in [0.05, 0.1) is 0 Å². The molecule has 3 heteroatoms. The lowest BCUT2D eigenvalue weighted by Crippen LogP contribution is -2.14. The summed E-state index contributed by atoms with van der Waals surface area (Å²) in [7, 11) is 0. The fourth-order valence-corrected chi connectivity index (χ4v) is 1.70. The second-order valence-corrected chi connectivity index (χ2v) is 3.37. The second-order valence-electron chi connectivity index (χ2n) is 3.37. The number of carboxylic acids is 1. The third kappa shape index (κ3) is 2.89. The number of aliphatic carboxylic acids is 1. The third-order valence-electron chi connectivity index (χ3n) is 2.35. The van der Waals surface area contributed by atoms with E-state index in [1.165, 1.54) is 0 Å². The average molecular weight is 157 g/mol. The van der Waals surface area contributed by atoms with Crippen LogP contribution in [0.1, 0.15) is 32.1 Å². The van der Waals surface area contributed by atoms with Crippen LogP contribution in [0.15, 0.2) is 0 Å². The van der Waals surface area contributed by atoms with Crippen molar-refractivity contribution in [3.63, 3.8) is 0 Å². The van der Waals surface area contributed by atoms with Crippen LogP contribution in [0.4, 0.5) is 0 Å². The van der Waals surface area contributed by atoms with Crippen LogP contribution in [0.2, 0.25) is 0 Å². The molecule has 0 heterocycles. The van der Waals surface area contributed by atoms with E-state index in [1.54, 1.807) is 0 Å². The standard InChI is InChI=1S/C8H15NO2/c9-7-3-1-6(5-7)2-4-8(10)11/h6-7H,1-5,9H2,(H,10,11). The van der Waals surface area contributed by atoms with Crippen molar-refractivity contribution in [2.75, 3.05) is 0 Å². The Morgan fingerprint density at radius 1 is 1.55 bits per heavy atom. The first kappa shape index (κ1) is 8.53. The van der Waals surface area contributed by atoms with E-state index >= 15 is 0 Å². The van der Waals surface area contributed by atoms with Crippen molar-refractivity contribution in [3.8, 4) is 0 Å². The van der Waals surface area contributed by atoms with E-state index in [0.29, 0.717) is 18.4 Å². The Labute approximate surface area is 66.6 Å². The summed E-state index contributed by atoms with van der Waals surface area (Å²) in [4.78, 5) is 10.2. The minimum atomic E-state index is -0.689. The topological polar surface area (TPSA) is 63.3 Å². The Hall–Kier alpha value is -0.570. The Balaban J connectivity index is 2.13. The number of nitrogens with two attached hydrogens (primary N) is 1. The van der Waals surface area contributed by atoms with Crippen LogP contribution in [0.3, 0.4) is 0 Å². The van der Waals surface area contributed by atoms with E-state index in [-0.39, 0.29) is 0 Å². The average Bonchev–Trinajstić information content (AvgIpc) is 2.31. The van der Waals surface area contributed by atoms with Gasteiger partial charge in [-0.1, -0.05) is 0 Å². The Kier molecular flexibility index (Phi) is 2.88. The first-order valence-electron chi connectivity index (χ1n) is 4.16. The van der Waals surface area contributed by atoms with Gasteiger partial charge >= 0.3 is 5.97 Å². The maximum atomic E-state index is 10.2. The molecule has 0 bridgehead atoms. The van der Waals surface area contributed by atoms with Crippen LogP contribution in [0.5, 0.6) is 0 Å². The maximum absolute atomic E-state index is 10.2. The zero-order valence-electron chi connectivity index (χ0n) is 6.62. The quantitative estimate of drug-likeness (QED) is 0.641. The fourth-order valence-electron chi connectivity index (χ4n) is 1.70. The number of carbonyl (C=O) groups is 1. The summed E-state index contributed by atoms with van der Waals surface area (Å²) in [5.41, 5.74) is 5.68. The molecule has 0 aromatic rings. The molecule has 1 aliphatic rings. The summed E-state index contributed by atoms with van der Waals surface area (Å²) in [5.74, 6) is -0.119. The van der Waals surface area contributed by atoms with Gasteiger partial charge < -0.3 is 10.8 Å². The molecule has 1 fully saturated rings. The monoisotopic (exact) mass is 157 g/mol. The van der Waals surface area contributed by atoms with Gasteiger partial charge in [0.25, 0.3) is 0 Å². The van der Waals surface area contributed by atoms with Crippen molar-refractivity contribution >= 4 is 5.97 Å². The number of rotatable bonds is 3. The summed E-state index contributed by atoms with van der Waals surface area (Å²) in [5, 5.41) is 8.41. The molecule has 0 radical (unpaired) electrons. The Morgan fingerprint density at radius 2 is 2.27 bits per heavy atom. The van der Waals surface area contributed by atoms with E-state index in [1.807, 2.05) is 0 Å². The minimum Gasteiger partial charge on any atom is -0.481 e. The van der Waals surface area contributed by atoms with Gasteiger partial charge in [0.2, 0.25) is 0 Å². The molecule has 0 aromatic carbocycles. The van der Waals surface area contributed by atoms with Gasteiger partial charge in [0.15, 0.2) is 0 Å². The van der Waals surface area contributed by atoms with Crippen molar-refractivity contribution < 1.29 is 9.90 Å². The maximum Gasteiger partial charge on any atom is 0.303 e. The molecular formula is C8H15NO2. The van der Waals surface area contributed by atoms with Gasteiger partial charge in [-0.3, -0.25) is 4.79 Å². The Bertz CT molecular complexity index is 147. The highest BCUT2D eigenvalue weighted by atomic mass is 16.4. The molecule has 2 atom stereocenters. The van der Waals surface area contributed by atoms with Gasteiger partial charge in [-0.15, -0.1) is 0 Å². The lowest BCUT2D eigenvalue weighted by atomic mass is 10.0. The van der Waals surface area contributed by atoms with Crippen LogP contribution in [0.25, 0.3) is 0 Å². The molecule has 11 heavy (non-hydrogen) atoms. The molecule has 0 aliphatic heterocycles. The molecule has 1 rings (SSSR count). The lowest BCUT2D eigenvalue weighted by molar-refractivity contribution is -0.137. The van der Waals surface area contributed by atoms with Crippen LogP contribution in [0, 0.1) is 5.92 Å². The van der Waals surface area contributed by atoms with Crippen molar-refractivity contribution in [3.05, 3.63) is 0 Å². The largest absolute Gasteiger partial charge is 0.481 e. The number of hydrogen-bond acceptors (Lipinski definition) is 2. The molecule has 1 aliphatic carbocycles. The molecule has 1 saturated carbocycles. The van der Waals surface area contributed by atoms with Crippen LogP contribution in [-0.4, -0.2) is 17.1 Å². The van der Waals surface area contributed by atoms with E-state index in [2.05, 4.69) is 0 Å². The van der Waals surface area contributed by atoms with Gasteiger partial charge in [-0.2, -0.15) is 0 Å². The summed E-state index contributed by atoms with van der Waals surface area (Å²) >= 11 is 0. The summed E-state index contributed by atoms with van der Waals surface area (Å²) in [6.07, 6.45) is 4.33. The van der Waals surface area contributed by atoms with Crippen LogP contribution in [-0.2, 0) is 4.79 Å². The normalized spacial score (nSPS) is 30.6. The lowest BCUT2D eigenvalue weighted by Gasteiger charge is -2.05. The highest BCUT2D eigenvalue weighted by Crippen LogP contribution is 2.27. The zero-order chi connectivity index (χ0) is 8.27. The molecule has 0 saturated heterocycles. The van der Waals surface area contributed by atoms with Gasteiger partial charge in [-0.25, -0.2) is 0 Å². The van der Waals surface area contributed by atoms with Crippen LogP contribution >= 0.6 is 0 Å². The smallest absolute Gasteiger partial charge is 0.303 e. The first-order valence-corrected chi connectivity index (χ1v) is 4.16. The third-order valence-corrected chi connectivity index (χ3v) is 2.35. The minimum absolute atomic E-state index is 0.303. The molecule has 0 aromatic heterocycles. The van der Waals surface area contributed by atoms with E-state index < -0.39 is 5.97 Å². The Morgan fingerprint density at radius 3 is 2.73 bits per heavy atom. The zero-order valence-corrected chi connectivity index (χ0v) is 6.62. The molecule has 0 amide bonds. The van der Waals surface area contributed by atoms with Crippen molar-refractivity contribution in [1.82, 2.24) is 0 Å². The van der Waals surface area contributed by atoms with Crippen molar-refractivity contribution in [1.29, 1.82) is 0 Å². The van der Waals surface area contributed by atoms with E-state index in [0.717, 1.165) is 25.7 Å². The van der Waals surface area contributed by atoms with Gasteiger partial charge in [-0.05, 0) is 31.6 Å². The van der Waals surface area contributed by atoms with E-state index in [4.69, 9.17) is 10.8 Å². The fraction of sp³-hybridized carbons (Fsp3) is 0.875. The molecule has 64 valence electrons. The SMILES string of the molecule is NC1CCC(CCC(=O)O)C1. The number of carboxylic acid groups (broad SMARTS) is 1. The van der Waals surface area contributed by atoms with Gasteiger partial charge in [0.1, 0.15) is 0 Å². The molecule has 0 spiro atoms. The highest BCUT2D eigenvalue weighted by Gasteiger charge is 2.21. The van der Waals surface area contributed by atoms with Crippen molar-refractivity contribution in [2.45, 2.75) is 38.1 Å². The highest BCUT2D eigenvalue weighted by molar-refractivity contribution is 5.66. The van der Waals surface area contributed by atoms with E-state index in [9.17, 15) is 4.79 Å². The van der Waals surface area contributed by atoms with Crippen LogP contribution < -0.4 is 5.73 Å². The summed E-state index contributed by atoms with van der Waals surface area (Å²) in [6.45, 7) is 0. The predicted molar refractivity (Wildman–Crippen MR) is 42.2 cm³/mol. The van der Waals surface area contributed by atoms with Gasteiger partial charge in [0, 0.05) is 12.5 Å². The number of hydrogen-bond donors (Lipinski definition) is 2. The summed E-state index contributed by atoms with van der Waals surface area (Å²) < 4.78 is 0. The first-order chi connectivity index (χ1) is 5.18. The molecule has 2 unspecified atom stereocenters.